The highest BCUT2D eigenvalue weighted by Crippen LogP contribution is 2.38. The third-order valence-electron chi connectivity index (χ3n) is 4.95. The molecule has 1 aromatic heterocycles. The van der Waals surface area contributed by atoms with Crippen molar-refractivity contribution in [3.63, 3.8) is 0 Å². The molecule has 0 aliphatic carbocycles. The van der Waals surface area contributed by atoms with Crippen LogP contribution in [0.3, 0.4) is 0 Å². The third-order valence-corrected chi connectivity index (χ3v) is 4.95. The summed E-state index contributed by atoms with van der Waals surface area (Å²) < 4.78 is 30.2. The fraction of sp³-hybridized carbons (Fsp3) is 0.273. The molecule has 2 aromatic carbocycles. The van der Waals surface area contributed by atoms with E-state index in [-0.39, 0.29) is 28.8 Å². The van der Waals surface area contributed by atoms with Crippen LogP contribution in [-0.2, 0) is 4.74 Å². The summed E-state index contributed by atoms with van der Waals surface area (Å²) in [6.45, 7) is 2.93. The van der Waals surface area contributed by atoms with E-state index in [1.165, 1.54) is 12.1 Å². The molecule has 2 heterocycles. The molecule has 0 radical (unpaired) electrons. The number of nitrogens with zero attached hydrogens (tertiary/aromatic N) is 1. The van der Waals surface area contributed by atoms with Crippen molar-refractivity contribution in [3.8, 4) is 5.75 Å². The van der Waals surface area contributed by atoms with Crippen molar-refractivity contribution < 1.29 is 23.1 Å². The van der Waals surface area contributed by atoms with Crippen LogP contribution in [0, 0.1) is 5.82 Å². The number of hydrogen-bond donors (Lipinski definition) is 0. The molecule has 1 aliphatic rings. The molecule has 1 unspecified atom stereocenters. The number of halogens is 1. The second-order valence-electron chi connectivity index (χ2n) is 6.71. The van der Waals surface area contributed by atoms with Crippen LogP contribution in [0.1, 0.15) is 34.6 Å². The van der Waals surface area contributed by atoms with E-state index < -0.39 is 23.2 Å². The standard InChI is InChI=1S/C22H20FNO5/c1-3-28-15-6-4-5-13(11-15)19-18-20(25)16-12-14(23)7-8-17(16)29-21(18)22(26)24(19)9-10-27-2/h4-8,11-12,19H,3,9-10H2,1-2H3. The molecule has 7 heteroatoms. The highest BCUT2D eigenvalue weighted by molar-refractivity contribution is 5.99. The monoisotopic (exact) mass is 397 g/mol. The van der Waals surface area contributed by atoms with Gasteiger partial charge in [0.1, 0.15) is 17.1 Å². The van der Waals surface area contributed by atoms with Crippen molar-refractivity contribution in [1.82, 2.24) is 4.90 Å². The van der Waals surface area contributed by atoms with Crippen LogP contribution in [-0.4, -0.2) is 37.7 Å². The molecular formula is C22H20FNO5. The van der Waals surface area contributed by atoms with Crippen LogP contribution in [0.4, 0.5) is 4.39 Å². The second-order valence-corrected chi connectivity index (χ2v) is 6.71. The number of ether oxygens (including phenoxy) is 2. The first-order valence-corrected chi connectivity index (χ1v) is 9.34. The molecule has 1 amide bonds. The maximum Gasteiger partial charge on any atom is 0.290 e. The van der Waals surface area contributed by atoms with Gasteiger partial charge in [0, 0.05) is 13.7 Å². The van der Waals surface area contributed by atoms with Gasteiger partial charge in [0.15, 0.2) is 5.43 Å². The Hall–Kier alpha value is -3.19. The zero-order valence-electron chi connectivity index (χ0n) is 16.1. The number of benzene rings is 2. The number of carbonyl (C=O) groups is 1. The number of hydrogen-bond acceptors (Lipinski definition) is 5. The topological polar surface area (TPSA) is 69.0 Å². The number of methoxy groups -OCH3 is 1. The smallest absolute Gasteiger partial charge is 0.290 e. The van der Waals surface area contributed by atoms with Crippen molar-refractivity contribution in [2.75, 3.05) is 26.9 Å². The Morgan fingerprint density at radius 2 is 2.00 bits per heavy atom. The van der Waals surface area contributed by atoms with Crippen LogP contribution in [0.2, 0.25) is 0 Å². The third kappa shape index (κ3) is 3.27. The van der Waals surface area contributed by atoms with Crippen molar-refractivity contribution in [2.45, 2.75) is 13.0 Å². The van der Waals surface area contributed by atoms with Gasteiger partial charge in [0.2, 0.25) is 5.76 Å². The van der Waals surface area contributed by atoms with E-state index in [9.17, 15) is 14.0 Å². The van der Waals surface area contributed by atoms with E-state index in [1.807, 2.05) is 19.1 Å². The molecule has 0 fully saturated rings. The predicted octanol–water partition coefficient (Wildman–Crippen LogP) is 3.52. The molecule has 0 spiro atoms. The fourth-order valence-corrected chi connectivity index (χ4v) is 3.70. The van der Waals surface area contributed by atoms with Gasteiger partial charge >= 0.3 is 0 Å². The minimum absolute atomic E-state index is 0.0166. The molecule has 29 heavy (non-hydrogen) atoms. The summed E-state index contributed by atoms with van der Waals surface area (Å²) in [5.74, 6) is -0.321. The largest absolute Gasteiger partial charge is 0.494 e. The first kappa shape index (κ1) is 19.1. The van der Waals surface area contributed by atoms with Crippen molar-refractivity contribution in [1.29, 1.82) is 0 Å². The van der Waals surface area contributed by atoms with Gasteiger partial charge in [0.25, 0.3) is 5.91 Å². The predicted molar refractivity (Wildman–Crippen MR) is 105 cm³/mol. The van der Waals surface area contributed by atoms with E-state index in [2.05, 4.69) is 0 Å². The maximum absolute atomic E-state index is 13.8. The van der Waals surface area contributed by atoms with Crippen LogP contribution in [0.25, 0.3) is 11.0 Å². The maximum atomic E-state index is 13.8. The van der Waals surface area contributed by atoms with Gasteiger partial charge in [-0.2, -0.15) is 0 Å². The van der Waals surface area contributed by atoms with E-state index in [0.29, 0.717) is 24.5 Å². The molecular weight excluding hydrogens is 377 g/mol. The van der Waals surface area contributed by atoms with Gasteiger partial charge in [-0.15, -0.1) is 0 Å². The minimum Gasteiger partial charge on any atom is -0.494 e. The van der Waals surface area contributed by atoms with Crippen LogP contribution >= 0.6 is 0 Å². The van der Waals surface area contributed by atoms with Crippen molar-refractivity contribution >= 4 is 16.9 Å². The average molecular weight is 397 g/mol. The molecule has 150 valence electrons. The molecule has 1 atom stereocenters. The molecule has 0 saturated carbocycles. The summed E-state index contributed by atoms with van der Waals surface area (Å²) in [6, 6.07) is 10.3. The molecule has 3 aromatic rings. The Labute approximate surface area is 166 Å². The van der Waals surface area contributed by atoms with Gasteiger partial charge in [-0.05, 0) is 42.8 Å². The van der Waals surface area contributed by atoms with Crippen LogP contribution < -0.4 is 10.2 Å². The first-order valence-electron chi connectivity index (χ1n) is 9.34. The first-order chi connectivity index (χ1) is 14.0. The lowest BCUT2D eigenvalue weighted by atomic mass is 9.98. The second kappa shape index (κ2) is 7.67. The lowest BCUT2D eigenvalue weighted by Gasteiger charge is -2.25. The fourth-order valence-electron chi connectivity index (χ4n) is 3.70. The zero-order valence-corrected chi connectivity index (χ0v) is 16.1. The summed E-state index contributed by atoms with van der Waals surface area (Å²) in [7, 11) is 1.54. The Morgan fingerprint density at radius 1 is 1.17 bits per heavy atom. The average Bonchev–Trinajstić information content (AvgIpc) is 3.00. The van der Waals surface area contributed by atoms with Crippen LogP contribution in [0.15, 0.2) is 51.7 Å². The number of rotatable bonds is 6. The van der Waals surface area contributed by atoms with Gasteiger partial charge in [-0.1, -0.05) is 12.1 Å². The molecule has 4 rings (SSSR count). The van der Waals surface area contributed by atoms with E-state index in [0.717, 1.165) is 6.07 Å². The summed E-state index contributed by atoms with van der Waals surface area (Å²) in [5.41, 5.74) is 0.680. The van der Waals surface area contributed by atoms with Gasteiger partial charge < -0.3 is 18.8 Å². The number of amides is 1. The van der Waals surface area contributed by atoms with Gasteiger partial charge in [-0.3, -0.25) is 9.59 Å². The quantitative estimate of drug-likeness (QED) is 0.637. The van der Waals surface area contributed by atoms with Crippen molar-refractivity contribution in [3.05, 3.63) is 75.4 Å². The normalized spacial score (nSPS) is 15.8. The SMILES string of the molecule is CCOc1cccc(C2c3c(oc4ccc(F)cc4c3=O)C(=O)N2CCOC)c1. The summed E-state index contributed by atoms with van der Waals surface area (Å²) in [6.07, 6.45) is 0. The molecule has 0 saturated heterocycles. The van der Waals surface area contributed by atoms with Crippen LogP contribution in [0.5, 0.6) is 5.75 Å². The lowest BCUT2D eigenvalue weighted by Crippen LogP contribution is -2.32. The van der Waals surface area contributed by atoms with E-state index in [4.69, 9.17) is 13.9 Å². The highest BCUT2D eigenvalue weighted by Gasteiger charge is 2.42. The van der Waals surface area contributed by atoms with E-state index in [1.54, 1.807) is 24.1 Å². The molecule has 1 aliphatic heterocycles. The lowest BCUT2D eigenvalue weighted by molar-refractivity contribution is 0.0663. The highest BCUT2D eigenvalue weighted by atomic mass is 19.1. The summed E-state index contributed by atoms with van der Waals surface area (Å²) in [5, 5.41) is 0.108. The Kier molecular flexibility index (Phi) is 5.07. The minimum atomic E-state index is -0.669. The molecule has 0 N–H and O–H groups in total. The van der Waals surface area contributed by atoms with Crippen molar-refractivity contribution in [2.24, 2.45) is 0 Å². The Morgan fingerprint density at radius 3 is 2.76 bits per heavy atom. The summed E-state index contributed by atoms with van der Waals surface area (Å²) >= 11 is 0. The molecule has 6 nitrogen and oxygen atoms in total. The van der Waals surface area contributed by atoms with E-state index >= 15 is 0 Å². The summed E-state index contributed by atoms with van der Waals surface area (Å²) in [4.78, 5) is 27.9. The Bertz CT molecular complexity index is 1140. The number of fused-ring (bicyclic) bond motifs is 2. The zero-order chi connectivity index (χ0) is 20.5. The molecule has 0 bridgehead atoms. The van der Waals surface area contributed by atoms with Gasteiger partial charge in [0.05, 0.1) is 30.2 Å². The van der Waals surface area contributed by atoms with Gasteiger partial charge in [-0.25, -0.2) is 4.39 Å². The Balaban J connectivity index is 1.94. The number of carbonyl (C=O) groups excluding carboxylic acids is 1.